The molecule has 0 aliphatic heterocycles. The summed E-state index contributed by atoms with van der Waals surface area (Å²) in [7, 11) is 0. The van der Waals surface area contributed by atoms with Crippen molar-refractivity contribution in [3.8, 4) is 6.07 Å². The summed E-state index contributed by atoms with van der Waals surface area (Å²) in [6, 6.07) is 14.1. The molecule has 0 fully saturated rings. The summed E-state index contributed by atoms with van der Waals surface area (Å²) in [6.45, 7) is 6.07. The molecule has 0 amide bonds. The first-order valence-corrected chi connectivity index (χ1v) is 5.20. The van der Waals surface area contributed by atoms with Gasteiger partial charge in [0.15, 0.2) is 0 Å². The largest absolute Gasteiger partial charge is 0.192 e. The molecule has 15 heavy (non-hydrogen) atoms. The molecule has 0 aliphatic carbocycles. The highest BCUT2D eigenvalue weighted by atomic mass is 14.2. The molecule has 76 valence electrons. The molecule has 0 spiro atoms. The zero-order valence-electron chi connectivity index (χ0n) is 9.41. The molecule has 0 saturated carbocycles. The Labute approximate surface area is 91.0 Å². The number of nitrogens with zero attached hydrogens (tertiary/aromatic N) is 1. The van der Waals surface area contributed by atoms with Crippen molar-refractivity contribution in [2.45, 2.75) is 20.8 Å². The smallest absolute Gasteiger partial charge is 0.0991 e. The normalized spacial score (nSPS) is 8.93. The van der Waals surface area contributed by atoms with Gasteiger partial charge in [-0.3, -0.25) is 0 Å². The summed E-state index contributed by atoms with van der Waals surface area (Å²) >= 11 is 0. The lowest BCUT2D eigenvalue weighted by Gasteiger charge is -1.98. The third kappa shape index (κ3) is 2.57. The van der Waals surface area contributed by atoms with E-state index in [-0.39, 0.29) is 0 Å². The number of rotatable bonds is 0. The van der Waals surface area contributed by atoms with Crippen LogP contribution in [-0.2, 0) is 0 Å². The van der Waals surface area contributed by atoms with Gasteiger partial charge in [-0.05, 0) is 29.8 Å². The molecule has 2 aromatic carbocycles. The van der Waals surface area contributed by atoms with Crippen LogP contribution >= 0.6 is 0 Å². The zero-order chi connectivity index (χ0) is 11.3. The van der Waals surface area contributed by atoms with E-state index in [1.54, 1.807) is 0 Å². The van der Waals surface area contributed by atoms with Crippen molar-refractivity contribution in [3.05, 3.63) is 47.5 Å². The quantitative estimate of drug-likeness (QED) is 0.625. The van der Waals surface area contributed by atoms with Gasteiger partial charge in [-0.25, -0.2) is 0 Å². The van der Waals surface area contributed by atoms with Crippen molar-refractivity contribution in [2.75, 3.05) is 0 Å². The Bertz CT molecular complexity index is 492. The van der Waals surface area contributed by atoms with Crippen LogP contribution in [-0.4, -0.2) is 0 Å². The fourth-order valence-corrected chi connectivity index (χ4v) is 1.43. The SMILES string of the molecule is CC.Cc1ccc2cc(C#N)ccc2c1. The molecular formula is C14H15N. The summed E-state index contributed by atoms with van der Waals surface area (Å²) in [5.41, 5.74) is 1.97. The summed E-state index contributed by atoms with van der Waals surface area (Å²) in [4.78, 5) is 0. The maximum atomic E-state index is 8.70. The number of benzene rings is 2. The minimum absolute atomic E-state index is 0.719. The Morgan fingerprint density at radius 2 is 1.53 bits per heavy atom. The molecule has 0 saturated heterocycles. The molecule has 0 heterocycles. The van der Waals surface area contributed by atoms with Gasteiger partial charge in [-0.2, -0.15) is 5.26 Å². The van der Waals surface area contributed by atoms with Crippen molar-refractivity contribution in [1.82, 2.24) is 0 Å². The van der Waals surface area contributed by atoms with Crippen molar-refractivity contribution in [2.24, 2.45) is 0 Å². The van der Waals surface area contributed by atoms with Crippen molar-refractivity contribution >= 4 is 10.8 Å². The van der Waals surface area contributed by atoms with Crippen molar-refractivity contribution < 1.29 is 0 Å². The third-order valence-electron chi connectivity index (χ3n) is 2.12. The lowest BCUT2D eigenvalue weighted by atomic mass is 10.1. The predicted molar refractivity (Wildman–Crippen MR) is 64.7 cm³/mol. The molecular weight excluding hydrogens is 182 g/mol. The lowest BCUT2D eigenvalue weighted by Crippen LogP contribution is -1.77. The molecule has 0 radical (unpaired) electrons. The van der Waals surface area contributed by atoms with Crippen molar-refractivity contribution in [1.29, 1.82) is 5.26 Å². The molecule has 0 bridgehead atoms. The summed E-state index contributed by atoms with van der Waals surface area (Å²) in [6.07, 6.45) is 0. The van der Waals surface area contributed by atoms with Gasteiger partial charge in [0.2, 0.25) is 0 Å². The number of nitriles is 1. The van der Waals surface area contributed by atoms with Crippen LogP contribution in [0.4, 0.5) is 0 Å². The summed E-state index contributed by atoms with van der Waals surface area (Å²) < 4.78 is 0. The molecule has 2 aromatic rings. The maximum Gasteiger partial charge on any atom is 0.0991 e. The van der Waals surface area contributed by atoms with Gasteiger partial charge in [-0.15, -0.1) is 0 Å². The van der Waals surface area contributed by atoms with Gasteiger partial charge < -0.3 is 0 Å². The van der Waals surface area contributed by atoms with Crippen LogP contribution in [0.2, 0.25) is 0 Å². The van der Waals surface area contributed by atoms with Crippen LogP contribution in [0, 0.1) is 18.3 Å². The molecule has 0 N–H and O–H groups in total. The van der Waals surface area contributed by atoms with E-state index in [1.165, 1.54) is 10.9 Å². The Morgan fingerprint density at radius 3 is 2.20 bits per heavy atom. The Kier molecular flexibility index (Phi) is 3.88. The van der Waals surface area contributed by atoms with E-state index in [4.69, 9.17) is 5.26 Å². The van der Waals surface area contributed by atoms with E-state index in [9.17, 15) is 0 Å². The number of hydrogen-bond acceptors (Lipinski definition) is 1. The fourth-order valence-electron chi connectivity index (χ4n) is 1.43. The van der Waals surface area contributed by atoms with Gasteiger partial charge in [0, 0.05) is 0 Å². The fraction of sp³-hybridized carbons (Fsp3) is 0.214. The first-order valence-electron chi connectivity index (χ1n) is 5.20. The molecule has 0 unspecified atom stereocenters. The van der Waals surface area contributed by atoms with Gasteiger partial charge >= 0.3 is 0 Å². The third-order valence-corrected chi connectivity index (χ3v) is 2.12. The van der Waals surface area contributed by atoms with Gasteiger partial charge in [0.25, 0.3) is 0 Å². The Balaban J connectivity index is 0.000000531. The number of hydrogen-bond donors (Lipinski definition) is 0. The second-order valence-corrected chi connectivity index (χ2v) is 3.18. The Hall–Kier alpha value is -1.81. The van der Waals surface area contributed by atoms with E-state index >= 15 is 0 Å². The highest BCUT2D eigenvalue weighted by molar-refractivity contribution is 5.84. The van der Waals surface area contributed by atoms with Crippen molar-refractivity contribution in [3.63, 3.8) is 0 Å². The van der Waals surface area contributed by atoms with E-state index in [2.05, 4.69) is 25.1 Å². The second kappa shape index (κ2) is 5.17. The predicted octanol–water partition coefficient (Wildman–Crippen LogP) is 4.05. The minimum atomic E-state index is 0.719. The second-order valence-electron chi connectivity index (χ2n) is 3.18. The van der Waals surface area contributed by atoms with Gasteiger partial charge in [0.1, 0.15) is 0 Å². The molecule has 2 rings (SSSR count). The highest BCUT2D eigenvalue weighted by Gasteiger charge is 1.95. The van der Waals surface area contributed by atoms with Crippen LogP contribution in [0.5, 0.6) is 0 Å². The average Bonchev–Trinajstić information content (AvgIpc) is 2.31. The average molecular weight is 197 g/mol. The topological polar surface area (TPSA) is 23.8 Å². The standard InChI is InChI=1S/C12H9N.C2H6/c1-9-2-4-12-7-10(8-13)3-5-11(12)6-9;1-2/h2-7H,1H3;1-2H3. The van der Waals surface area contributed by atoms with E-state index in [1.807, 2.05) is 38.1 Å². The van der Waals surface area contributed by atoms with Crippen LogP contribution in [0.25, 0.3) is 10.8 Å². The molecule has 0 aromatic heterocycles. The van der Waals surface area contributed by atoms with Crippen LogP contribution in [0.15, 0.2) is 36.4 Å². The van der Waals surface area contributed by atoms with Crippen LogP contribution in [0.1, 0.15) is 25.0 Å². The minimum Gasteiger partial charge on any atom is -0.192 e. The van der Waals surface area contributed by atoms with Crippen LogP contribution < -0.4 is 0 Å². The number of fused-ring (bicyclic) bond motifs is 1. The lowest BCUT2D eigenvalue weighted by molar-refractivity contribution is 1.48. The first-order chi connectivity index (χ1) is 7.29. The van der Waals surface area contributed by atoms with Crippen LogP contribution in [0.3, 0.4) is 0 Å². The molecule has 1 nitrogen and oxygen atoms in total. The maximum absolute atomic E-state index is 8.70. The number of aryl methyl sites for hydroxylation is 1. The zero-order valence-corrected chi connectivity index (χ0v) is 9.41. The van der Waals surface area contributed by atoms with Gasteiger partial charge in [-0.1, -0.05) is 43.7 Å². The van der Waals surface area contributed by atoms with E-state index in [0.29, 0.717) is 0 Å². The monoisotopic (exact) mass is 197 g/mol. The summed E-state index contributed by atoms with van der Waals surface area (Å²) in [5, 5.41) is 11.0. The molecule has 1 heteroatoms. The molecule has 0 aliphatic rings. The first kappa shape index (κ1) is 11.3. The van der Waals surface area contributed by atoms with E-state index < -0.39 is 0 Å². The summed E-state index contributed by atoms with van der Waals surface area (Å²) in [5.74, 6) is 0. The molecule has 0 atom stereocenters. The van der Waals surface area contributed by atoms with E-state index in [0.717, 1.165) is 10.9 Å². The van der Waals surface area contributed by atoms with Gasteiger partial charge in [0.05, 0.1) is 11.6 Å². The Morgan fingerprint density at radius 1 is 0.933 bits per heavy atom. The highest BCUT2D eigenvalue weighted by Crippen LogP contribution is 2.16.